The third kappa shape index (κ3) is 3.83. The summed E-state index contributed by atoms with van der Waals surface area (Å²) in [6.07, 6.45) is 4.54. The first-order valence-corrected chi connectivity index (χ1v) is 7.75. The Morgan fingerprint density at radius 1 is 1.43 bits per heavy atom. The lowest BCUT2D eigenvalue weighted by Gasteiger charge is -2.22. The number of carbonyl (C=O) groups excluding carboxylic acids is 1. The molecule has 2 rings (SSSR count). The zero-order valence-corrected chi connectivity index (χ0v) is 13.1. The van der Waals surface area contributed by atoms with E-state index in [0.717, 1.165) is 56.1 Å². The van der Waals surface area contributed by atoms with Crippen LogP contribution in [0.5, 0.6) is 0 Å². The van der Waals surface area contributed by atoms with Gasteiger partial charge in [-0.3, -0.25) is 4.79 Å². The van der Waals surface area contributed by atoms with Gasteiger partial charge in [-0.2, -0.15) is 0 Å². The van der Waals surface area contributed by atoms with E-state index in [-0.39, 0.29) is 11.9 Å². The first-order valence-electron chi connectivity index (χ1n) is 7.75. The summed E-state index contributed by atoms with van der Waals surface area (Å²) in [4.78, 5) is 22.3. The van der Waals surface area contributed by atoms with Crippen molar-refractivity contribution in [3.05, 3.63) is 11.9 Å². The van der Waals surface area contributed by atoms with E-state index >= 15 is 0 Å². The largest absolute Gasteiger partial charge is 0.370 e. The third-order valence-electron chi connectivity index (χ3n) is 3.71. The van der Waals surface area contributed by atoms with Crippen molar-refractivity contribution in [2.75, 3.05) is 29.9 Å². The molecule has 2 heterocycles. The molecule has 1 saturated heterocycles. The summed E-state index contributed by atoms with van der Waals surface area (Å²) in [5.41, 5.74) is 1.16. The van der Waals surface area contributed by atoms with E-state index in [4.69, 9.17) is 0 Å². The standard InChI is InChI=1S/C15H25N5O/c1-4-7-16-14-13(5-2)15(18-10-17-14)20-8-6-12(9-20)19-11(3)21/h10,12H,4-9H2,1-3H3,(H,19,21)(H,16,17,18). The minimum Gasteiger partial charge on any atom is -0.370 e. The number of aromatic nitrogens is 2. The Bertz CT molecular complexity index is 491. The van der Waals surface area contributed by atoms with Crippen LogP contribution in [0.3, 0.4) is 0 Å². The average molecular weight is 291 g/mol. The molecule has 1 amide bonds. The van der Waals surface area contributed by atoms with E-state index in [1.807, 2.05) is 0 Å². The van der Waals surface area contributed by atoms with E-state index in [2.05, 4.69) is 39.3 Å². The van der Waals surface area contributed by atoms with E-state index < -0.39 is 0 Å². The van der Waals surface area contributed by atoms with Crippen molar-refractivity contribution in [3.63, 3.8) is 0 Å². The first-order chi connectivity index (χ1) is 10.2. The Morgan fingerprint density at radius 3 is 2.90 bits per heavy atom. The zero-order valence-electron chi connectivity index (χ0n) is 13.1. The summed E-state index contributed by atoms with van der Waals surface area (Å²) in [5.74, 6) is 1.97. The summed E-state index contributed by atoms with van der Waals surface area (Å²) >= 11 is 0. The van der Waals surface area contributed by atoms with E-state index in [0.29, 0.717) is 0 Å². The van der Waals surface area contributed by atoms with Crippen molar-refractivity contribution in [2.24, 2.45) is 0 Å². The molecule has 1 aromatic heterocycles. The SMILES string of the molecule is CCCNc1ncnc(N2CCC(NC(C)=O)C2)c1CC. The molecule has 0 saturated carbocycles. The van der Waals surface area contributed by atoms with Crippen LogP contribution in [0.1, 0.15) is 39.2 Å². The second kappa shape index (κ2) is 7.24. The summed E-state index contributed by atoms with van der Waals surface area (Å²) in [6.45, 7) is 8.48. The Balaban J connectivity index is 2.14. The molecular weight excluding hydrogens is 266 g/mol. The highest BCUT2D eigenvalue weighted by molar-refractivity contribution is 5.73. The van der Waals surface area contributed by atoms with Crippen molar-refractivity contribution < 1.29 is 4.79 Å². The van der Waals surface area contributed by atoms with E-state index in [1.54, 1.807) is 13.3 Å². The Kier molecular flexibility index (Phi) is 5.36. The second-order valence-electron chi connectivity index (χ2n) is 5.44. The lowest BCUT2D eigenvalue weighted by molar-refractivity contribution is -0.119. The van der Waals surface area contributed by atoms with Gasteiger partial charge in [0.05, 0.1) is 0 Å². The molecule has 1 aromatic rings. The molecule has 0 radical (unpaired) electrons. The molecule has 0 aliphatic carbocycles. The highest BCUT2D eigenvalue weighted by Crippen LogP contribution is 2.27. The number of nitrogens with one attached hydrogen (secondary N) is 2. The molecule has 1 fully saturated rings. The predicted octanol–water partition coefficient (Wildman–Crippen LogP) is 1.58. The van der Waals surface area contributed by atoms with Crippen LogP contribution in [0.25, 0.3) is 0 Å². The second-order valence-corrected chi connectivity index (χ2v) is 5.44. The number of rotatable bonds is 6. The normalized spacial score (nSPS) is 17.9. The van der Waals surface area contributed by atoms with Gasteiger partial charge in [-0.1, -0.05) is 13.8 Å². The average Bonchev–Trinajstić information content (AvgIpc) is 2.92. The number of nitrogens with zero attached hydrogens (tertiary/aromatic N) is 3. The highest BCUT2D eigenvalue weighted by atomic mass is 16.1. The van der Waals surface area contributed by atoms with Crippen LogP contribution < -0.4 is 15.5 Å². The summed E-state index contributed by atoms with van der Waals surface area (Å²) in [6, 6.07) is 0.217. The molecule has 1 unspecified atom stereocenters. The van der Waals surface area contributed by atoms with Crippen LogP contribution in [-0.4, -0.2) is 41.6 Å². The fraction of sp³-hybridized carbons (Fsp3) is 0.667. The number of hydrogen-bond acceptors (Lipinski definition) is 5. The van der Waals surface area contributed by atoms with Crippen molar-refractivity contribution in [1.29, 1.82) is 0 Å². The summed E-state index contributed by atoms with van der Waals surface area (Å²) < 4.78 is 0. The van der Waals surface area contributed by atoms with Crippen molar-refractivity contribution >= 4 is 17.5 Å². The van der Waals surface area contributed by atoms with Crippen LogP contribution in [0.2, 0.25) is 0 Å². The molecule has 116 valence electrons. The maximum absolute atomic E-state index is 11.2. The summed E-state index contributed by atoms with van der Waals surface area (Å²) in [5, 5.41) is 6.36. The maximum atomic E-state index is 11.2. The molecule has 1 atom stereocenters. The molecule has 0 bridgehead atoms. The van der Waals surface area contributed by atoms with Gasteiger partial charge in [0, 0.05) is 38.2 Å². The van der Waals surface area contributed by atoms with Crippen LogP contribution in [0.4, 0.5) is 11.6 Å². The van der Waals surface area contributed by atoms with Crippen molar-refractivity contribution in [1.82, 2.24) is 15.3 Å². The Labute approximate surface area is 126 Å². The fourth-order valence-electron chi connectivity index (χ4n) is 2.75. The van der Waals surface area contributed by atoms with Gasteiger partial charge in [-0.05, 0) is 19.3 Å². The Morgan fingerprint density at radius 2 is 2.24 bits per heavy atom. The topological polar surface area (TPSA) is 70.2 Å². The number of hydrogen-bond donors (Lipinski definition) is 2. The maximum Gasteiger partial charge on any atom is 0.217 e. The number of anilines is 2. The fourth-order valence-corrected chi connectivity index (χ4v) is 2.75. The van der Waals surface area contributed by atoms with Gasteiger partial charge in [0.15, 0.2) is 0 Å². The zero-order chi connectivity index (χ0) is 15.2. The van der Waals surface area contributed by atoms with Gasteiger partial charge in [0.1, 0.15) is 18.0 Å². The van der Waals surface area contributed by atoms with Gasteiger partial charge >= 0.3 is 0 Å². The molecule has 2 N–H and O–H groups in total. The van der Waals surface area contributed by atoms with Crippen molar-refractivity contribution in [3.8, 4) is 0 Å². The molecular formula is C15H25N5O. The van der Waals surface area contributed by atoms with E-state index in [9.17, 15) is 4.79 Å². The van der Waals surface area contributed by atoms with Gasteiger partial charge < -0.3 is 15.5 Å². The van der Waals surface area contributed by atoms with Gasteiger partial charge in [-0.25, -0.2) is 9.97 Å². The molecule has 6 nitrogen and oxygen atoms in total. The quantitative estimate of drug-likeness (QED) is 0.832. The number of carbonyl (C=O) groups is 1. The lowest BCUT2D eigenvalue weighted by atomic mass is 10.2. The lowest BCUT2D eigenvalue weighted by Crippen LogP contribution is -2.36. The van der Waals surface area contributed by atoms with Crippen LogP contribution >= 0.6 is 0 Å². The van der Waals surface area contributed by atoms with E-state index in [1.165, 1.54) is 0 Å². The van der Waals surface area contributed by atoms with Gasteiger partial charge in [0.25, 0.3) is 0 Å². The number of amides is 1. The molecule has 21 heavy (non-hydrogen) atoms. The molecule has 0 spiro atoms. The van der Waals surface area contributed by atoms with Crippen LogP contribution in [0.15, 0.2) is 6.33 Å². The third-order valence-corrected chi connectivity index (χ3v) is 3.71. The minimum absolute atomic E-state index is 0.0329. The highest BCUT2D eigenvalue weighted by Gasteiger charge is 2.26. The smallest absolute Gasteiger partial charge is 0.217 e. The summed E-state index contributed by atoms with van der Waals surface area (Å²) in [7, 11) is 0. The van der Waals surface area contributed by atoms with Crippen LogP contribution in [-0.2, 0) is 11.2 Å². The Hall–Kier alpha value is -1.85. The minimum atomic E-state index is 0.0329. The molecule has 1 aliphatic rings. The molecule has 1 aliphatic heterocycles. The monoisotopic (exact) mass is 291 g/mol. The van der Waals surface area contributed by atoms with Gasteiger partial charge in [0.2, 0.25) is 5.91 Å². The molecule has 0 aromatic carbocycles. The van der Waals surface area contributed by atoms with Crippen molar-refractivity contribution in [2.45, 2.75) is 46.1 Å². The molecule has 6 heteroatoms. The van der Waals surface area contributed by atoms with Crippen LogP contribution in [0, 0.1) is 0 Å². The van der Waals surface area contributed by atoms with Gasteiger partial charge in [-0.15, -0.1) is 0 Å². The first kappa shape index (κ1) is 15.5. The predicted molar refractivity (Wildman–Crippen MR) is 84.6 cm³/mol.